The standard InChI is InChI=1S/C10H18N4/c1-2-5-14(7-8-3-4-8)9-6-12-13-10(9)11/h6,8H,2-5,7H2,1H3,(H3,11,12,13). The van der Waals surface area contributed by atoms with E-state index in [-0.39, 0.29) is 0 Å². The highest BCUT2D eigenvalue weighted by atomic mass is 15.2. The molecular weight excluding hydrogens is 176 g/mol. The summed E-state index contributed by atoms with van der Waals surface area (Å²) in [6.07, 6.45) is 5.72. The van der Waals surface area contributed by atoms with Crippen molar-refractivity contribution in [2.24, 2.45) is 5.92 Å². The summed E-state index contributed by atoms with van der Waals surface area (Å²) in [5, 5.41) is 6.75. The number of H-pyrrole nitrogens is 1. The summed E-state index contributed by atoms with van der Waals surface area (Å²) in [5.41, 5.74) is 6.88. The molecule has 0 radical (unpaired) electrons. The summed E-state index contributed by atoms with van der Waals surface area (Å²) in [7, 11) is 0. The number of nitrogens with zero attached hydrogens (tertiary/aromatic N) is 2. The Hall–Kier alpha value is -1.19. The van der Waals surface area contributed by atoms with Crippen LogP contribution >= 0.6 is 0 Å². The maximum absolute atomic E-state index is 5.81. The van der Waals surface area contributed by atoms with Crippen LogP contribution in [0.15, 0.2) is 6.20 Å². The molecule has 14 heavy (non-hydrogen) atoms. The molecule has 0 spiro atoms. The van der Waals surface area contributed by atoms with E-state index in [0.717, 1.165) is 31.1 Å². The molecule has 0 aliphatic heterocycles. The van der Waals surface area contributed by atoms with Gasteiger partial charge in [-0.15, -0.1) is 0 Å². The first-order valence-corrected chi connectivity index (χ1v) is 5.35. The molecule has 1 aliphatic carbocycles. The van der Waals surface area contributed by atoms with E-state index in [1.807, 2.05) is 6.20 Å². The minimum Gasteiger partial charge on any atom is -0.382 e. The fourth-order valence-electron chi connectivity index (χ4n) is 1.73. The molecule has 0 unspecified atom stereocenters. The predicted octanol–water partition coefficient (Wildman–Crippen LogP) is 1.62. The lowest BCUT2D eigenvalue weighted by molar-refractivity contribution is 0.709. The molecule has 4 heteroatoms. The van der Waals surface area contributed by atoms with Gasteiger partial charge in [0.2, 0.25) is 0 Å². The molecule has 1 aromatic heterocycles. The van der Waals surface area contributed by atoms with Crippen LogP contribution in [0.25, 0.3) is 0 Å². The molecule has 3 N–H and O–H groups in total. The Morgan fingerprint density at radius 2 is 2.43 bits per heavy atom. The molecule has 78 valence electrons. The average Bonchev–Trinajstić information content (AvgIpc) is 2.87. The molecule has 0 amide bonds. The van der Waals surface area contributed by atoms with Gasteiger partial charge < -0.3 is 10.6 Å². The largest absolute Gasteiger partial charge is 0.382 e. The number of rotatable bonds is 5. The van der Waals surface area contributed by atoms with Gasteiger partial charge in [-0.2, -0.15) is 5.10 Å². The Bertz CT molecular complexity index is 290. The highest BCUT2D eigenvalue weighted by molar-refractivity contribution is 5.62. The van der Waals surface area contributed by atoms with Gasteiger partial charge in [0, 0.05) is 13.1 Å². The molecular formula is C10H18N4. The zero-order valence-corrected chi connectivity index (χ0v) is 8.66. The van der Waals surface area contributed by atoms with Crippen LogP contribution in [0.1, 0.15) is 26.2 Å². The van der Waals surface area contributed by atoms with Crippen molar-refractivity contribution < 1.29 is 0 Å². The lowest BCUT2D eigenvalue weighted by atomic mass is 10.3. The number of hydrogen-bond donors (Lipinski definition) is 2. The third-order valence-corrected chi connectivity index (χ3v) is 2.66. The molecule has 1 aliphatic rings. The second kappa shape index (κ2) is 3.90. The van der Waals surface area contributed by atoms with E-state index < -0.39 is 0 Å². The van der Waals surface area contributed by atoms with Crippen LogP contribution in [0, 0.1) is 5.92 Å². The fourth-order valence-corrected chi connectivity index (χ4v) is 1.73. The lowest BCUT2D eigenvalue weighted by Crippen LogP contribution is -2.26. The molecule has 1 saturated carbocycles. The highest BCUT2D eigenvalue weighted by Gasteiger charge is 2.25. The average molecular weight is 194 g/mol. The zero-order chi connectivity index (χ0) is 9.97. The van der Waals surface area contributed by atoms with Gasteiger partial charge in [0.05, 0.1) is 11.9 Å². The first kappa shape index (κ1) is 9.37. The van der Waals surface area contributed by atoms with E-state index in [4.69, 9.17) is 5.73 Å². The minimum absolute atomic E-state index is 0.694. The van der Waals surface area contributed by atoms with E-state index in [0.29, 0.717) is 5.82 Å². The SMILES string of the molecule is CCCN(CC1CC1)c1cn[nH]c1N. The van der Waals surface area contributed by atoms with Gasteiger partial charge >= 0.3 is 0 Å². The summed E-state index contributed by atoms with van der Waals surface area (Å²) in [4.78, 5) is 2.34. The van der Waals surface area contributed by atoms with Crippen molar-refractivity contribution in [3.8, 4) is 0 Å². The summed E-state index contributed by atoms with van der Waals surface area (Å²) in [6, 6.07) is 0. The van der Waals surface area contributed by atoms with Crippen molar-refractivity contribution in [1.82, 2.24) is 10.2 Å². The van der Waals surface area contributed by atoms with Crippen LogP contribution in [0.5, 0.6) is 0 Å². The topological polar surface area (TPSA) is 57.9 Å². The first-order valence-electron chi connectivity index (χ1n) is 5.35. The second-order valence-electron chi connectivity index (χ2n) is 4.06. The van der Waals surface area contributed by atoms with Crippen molar-refractivity contribution in [2.75, 3.05) is 23.7 Å². The van der Waals surface area contributed by atoms with Crippen molar-refractivity contribution >= 4 is 11.5 Å². The van der Waals surface area contributed by atoms with Crippen molar-refractivity contribution in [1.29, 1.82) is 0 Å². The summed E-state index contributed by atoms with van der Waals surface area (Å²) < 4.78 is 0. The van der Waals surface area contributed by atoms with Gasteiger partial charge in [-0.05, 0) is 25.2 Å². The van der Waals surface area contributed by atoms with E-state index in [9.17, 15) is 0 Å². The van der Waals surface area contributed by atoms with Crippen molar-refractivity contribution in [3.05, 3.63) is 6.20 Å². The zero-order valence-electron chi connectivity index (χ0n) is 8.66. The summed E-state index contributed by atoms with van der Waals surface area (Å²) in [6.45, 7) is 4.40. The predicted molar refractivity (Wildman–Crippen MR) is 58.2 cm³/mol. The number of nitrogens with one attached hydrogen (secondary N) is 1. The smallest absolute Gasteiger partial charge is 0.142 e. The number of anilines is 2. The molecule has 0 saturated heterocycles. The monoisotopic (exact) mass is 194 g/mol. The van der Waals surface area contributed by atoms with Gasteiger partial charge in [-0.3, -0.25) is 5.10 Å². The van der Waals surface area contributed by atoms with Crippen LogP contribution < -0.4 is 10.6 Å². The van der Waals surface area contributed by atoms with E-state index >= 15 is 0 Å². The Balaban J connectivity index is 2.04. The van der Waals surface area contributed by atoms with Crippen LogP contribution in [0.3, 0.4) is 0 Å². The first-order chi connectivity index (χ1) is 6.81. The molecule has 0 atom stereocenters. The molecule has 4 nitrogen and oxygen atoms in total. The molecule has 1 heterocycles. The Kier molecular flexibility index (Phi) is 2.61. The van der Waals surface area contributed by atoms with E-state index in [1.165, 1.54) is 12.8 Å². The number of aromatic nitrogens is 2. The Morgan fingerprint density at radius 1 is 1.64 bits per heavy atom. The molecule has 0 bridgehead atoms. The number of hydrogen-bond acceptors (Lipinski definition) is 3. The quantitative estimate of drug-likeness (QED) is 0.748. The maximum Gasteiger partial charge on any atom is 0.142 e. The van der Waals surface area contributed by atoms with Gasteiger partial charge in [-0.25, -0.2) is 0 Å². The normalized spacial score (nSPS) is 15.8. The Labute approximate surface area is 84.5 Å². The van der Waals surface area contributed by atoms with E-state index in [2.05, 4.69) is 22.0 Å². The van der Waals surface area contributed by atoms with Crippen LogP contribution in [-0.4, -0.2) is 23.3 Å². The third-order valence-electron chi connectivity index (χ3n) is 2.66. The van der Waals surface area contributed by atoms with Crippen molar-refractivity contribution in [2.45, 2.75) is 26.2 Å². The van der Waals surface area contributed by atoms with E-state index in [1.54, 1.807) is 0 Å². The second-order valence-corrected chi connectivity index (χ2v) is 4.06. The maximum atomic E-state index is 5.81. The number of aromatic amines is 1. The van der Waals surface area contributed by atoms with Gasteiger partial charge in [0.1, 0.15) is 5.82 Å². The third kappa shape index (κ3) is 2.00. The molecule has 1 fully saturated rings. The van der Waals surface area contributed by atoms with Crippen LogP contribution in [0.4, 0.5) is 11.5 Å². The highest BCUT2D eigenvalue weighted by Crippen LogP contribution is 2.32. The summed E-state index contributed by atoms with van der Waals surface area (Å²) in [5.74, 6) is 1.58. The molecule has 1 aromatic rings. The van der Waals surface area contributed by atoms with Gasteiger partial charge in [-0.1, -0.05) is 6.92 Å². The van der Waals surface area contributed by atoms with Gasteiger partial charge in [0.15, 0.2) is 0 Å². The van der Waals surface area contributed by atoms with Crippen LogP contribution in [0.2, 0.25) is 0 Å². The molecule has 2 rings (SSSR count). The Morgan fingerprint density at radius 3 is 2.93 bits per heavy atom. The number of nitrogen functional groups attached to an aromatic ring is 1. The van der Waals surface area contributed by atoms with Crippen LogP contribution in [-0.2, 0) is 0 Å². The van der Waals surface area contributed by atoms with Gasteiger partial charge in [0.25, 0.3) is 0 Å². The number of nitrogens with two attached hydrogens (primary N) is 1. The fraction of sp³-hybridized carbons (Fsp3) is 0.700. The minimum atomic E-state index is 0.694. The molecule has 0 aromatic carbocycles. The summed E-state index contributed by atoms with van der Waals surface area (Å²) >= 11 is 0. The van der Waals surface area contributed by atoms with Crippen molar-refractivity contribution in [3.63, 3.8) is 0 Å². The lowest BCUT2D eigenvalue weighted by Gasteiger charge is -2.22.